The van der Waals surface area contributed by atoms with Gasteiger partial charge in [0.1, 0.15) is 11.6 Å². The molecule has 2 rings (SSSR count). The van der Waals surface area contributed by atoms with E-state index in [1.165, 1.54) is 7.11 Å². The zero-order valence-corrected chi connectivity index (χ0v) is 13.4. The number of aliphatic carboxylic acids is 1. The van der Waals surface area contributed by atoms with E-state index in [0.29, 0.717) is 38.8 Å². The summed E-state index contributed by atoms with van der Waals surface area (Å²) in [4.78, 5) is 36.5. The smallest absolute Gasteiger partial charge is 0.409 e. The molecule has 1 aliphatic carbocycles. The van der Waals surface area contributed by atoms with Gasteiger partial charge in [0.05, 0.1) is 7.11 Å². The first-order chi connectivity index (χ1) is 11.0. The maximum Gasteiger partial charge on any atom is 0.409 e. The Kier molecular flexibility index (Phi) is 5.68. The molecule has 1 heterocycles. The lowest BCUT2D eigenvalue weighted by molar-refractivity contribution is -0.146. The second kappa shape index (κ2) is 7.52. The normalized spacial score (nSPS) is 21.3. The molecule has 2 amide bonds. The van der Waals surface area contributed by atoms with Crippen molar-refractivity contribution in [3.8, 4) is 0 Å². The number of carboxylic acids is 1. The summed E-state index contributed by atoms with van der Waals surface area (Å²) in [6.45, 7) is 0.906. The van der Waals surface area contributed by atoms with Crippen LogP contribution in [-0.2, 0) is 14.3 Å². The number of alkyl carbamates (subject to hydrolysis) is 1. The number of hydrogen-bond acceptors (Lipinski definition) is 5. The lowest BCUT2D eigenvalue weighted by Gasteiger charge is -2.35. The van der Waals surface area contributed by atoms with E-state index in [1.807, 2.05) is 0 Å². The number of piperidine rings is 1. The van der Waals surface area contributed by atoms with Crippen LogP contribution in [0, 0.1) is 0 Å². The molecule has 2 fully saturated rings. The molecule has 0 radical (unpaired) electrons. The minimum Gasteiger partial charge on any atom is -0.480 e. The van der Waals surface area contributed by atoms with E-state index in [1.54, 1.807) is 4.90 Å². The predicted octanol–water partition coefficient (Wildman–Crippen LogP) is 1.73. The molecule has 130 valence electrons. The Labute approximate surface area is 135 Å². The van der Waals surface area contributed by atoms with Crippen LogP contribution in [0.2, 0.25) is 0 Å². The monoisotopic (exact) mass is 328 g/mol. The summed E-state index contributed by atoms with van der Waals surface area (Å²) in [5, 5.41) is 12.0. The Morgan fingerprint density at radius 3 is 2.26 bits per heavy atom. The summed E-state index contributed by atoms with van der Waals surface area (Å²) < 4.78 is 9.99. The third kappa shape index (κ3) is 4.27. The highest BCUT2D eigenvalue weighted by Crippen LogP contribution is 2.29. The van der Waals surface area contributed by atoms with E-state index in [4.69, 9.17) is 4.74 Å². The van der Waals surface area contributed by atoms with Crippen molar-refractivity contribution < 1.29 is 29.0 Å². The van der Waals surface area contributed by atoms with Gasteiger partial charge in [0.25, 0.3) is 0 Å². The van der Waals surface area contributed by atoms with Crippen molar-refractivity contribution in [3.63, 3.8) is 0 Å². The van der Waals surface area contributed by atoms with Crippen LogP contribution in [0.4, 0.5) is 9.59 Å². The number of carbonyl (C=O) groups excluding carboxylic acids is 2. The summed E-state index contributed by atoms with van der Waals surface area (Å²) in [5.74, 6) is -1.00. The fourth-order valence-electron chi connectivity index (χ4n) is 3.21. The third-order valence-corrected chi connectivity index (χ3v) is 4.61. The second-order valence-corrected chi connectivity index (χ2v) is 6.13. The van der Waals surface area contributed by atoms with Crippen LogP contribution in [0.1, 0.15) is 44.9 Å². The summed E-state index contributed by atoms with van der Waals surface area (Å²) >= 11 is 0. The van der Waals surface area contributed by atoms with Gasteiger partial charge in [0.15, 0.2) is 0 Å². The van der Waals surface area contributed by atoms with Crippen molar-refractivity contribution in [2.24, 2.45) is 0 Å². The highest BCUT2D eigenvalue weighted by atomic mass is 16.6. The van der Waals surface area contributed by atoms with Gasteiger partial charge in [-0.25, -0.2) is 14.4 Å². The molecule has 0 bridgehead atoms. The molecule has 2 N–H and O–H groups in total. The van der Waals surface area contributed by atoms with Crippen LogP contribution in [0.3, 0.4) is 0 Å². The van der Waals surface area contributed by atoms with Gasteiger partial charge in [0, 0.05) is 25.9 Å². The van der Waals surface area contributed by atoms with Crippen LogP contribution < -0.4 is 5.32 Å². The highest BCUT2D eigenvalue weighted by Gasteiger charge is 2.42. The number of amides is 2. The predicted molar refractivity (Wildman–Crippen MR) is 80.1 cm³/mol. The van der Waals surface area contributed by atoms with Crippen molar-refractivity contribution in [2.75, 3.05) is 20.2 Å². The Morgan fingerprint density at radius 1 is 1.13 bits per heavy atom. The summed E-state index contributed by atoms with van der Waals surface area (Å²) in [5.41, 5.74) is -1.21. The quantitative estimate of drug-likeness (QED) is 0.817. The topological polar surface area (TPSA) is 105 Å². The Balaban J connectivity index is 1.83. The fourth-order valence-corrected chi connectivity index (χ4v) is 3.21. The lowest BCUT2D eigenvalue weighted by Crippen LogP contribution is -2.56. The van der Waals surface area contributed by atoms with Gasteiger partial charge in [0.2, 0.25) is 0 Å². The van der Waals surface area contributed by atoms with E-state index < -0.39 is 17.6 Å². The number of nitrogens with one attached hydrogen (secondary N) is 1. The van der Waals surface area contributed by atoms with Crippen LogP contribution in [0.15, 0.2) is 0 Å². The molecule has 0 spiro atoms. The Morgan fingerprint density at radius 2 is 1.74 bits per heavy atom. The van der Waals surface area contributed by atoms with Crippen LogP contribution >= 0.6 is 0 Å². The first kappa shape index (κ1) is 17.4. The number of carboxylic acid groups (broad SMARTS) is 1. The number of methoxy groups -OCH3 is 1. The van der Waals surface area contributed by atoms with Gasteiger partial charge in [-0.1, -0.05) is 19.3 Å². The maximum absolute atomic E-state index is 12.1. The molecular formula is C15H24N2O6. The van der Waals surface area contributed by atoms with Crippen molar-refractivity contribution in [1.29, 1.82) is 0 Å². The van der Waals surface area contributed by atoms with E-state index >= 15 is 0 Å². The van der Waals surface area contributed by atoms with Crippen molar-refractivity contribution in [1.82, 2.24) is 10.2 Å². The van der Waals surface area contributed by atoms with E-state index in [9.17, 15) is 19.5 Å². The average molecular weight is 328 g/mol. The molecule has 0 aromatic rings. The zero-order chi connectivity index (χ0) is 16.9. The van der Waals surface area contributed by atoms with Crippen LogP contribution in [0.25, 0.3) is 0 Å². The number of nitrogens with zero attached hydrogens (tertiary/aromatic N) is 1. The van der Waals surface area contributed by atoms with Gasteiger partial charge < -0.3 is 24.8 Å². The van der Waals surface area contributed by atoms with Crippen LogP contribution in [-0.4, -0.2) is 60.0 Å². The number of hydrogen-bond donors (Lipinski definition) is 2. The maximum atomic E-state index is 12.1. The minimum atomic E-state index is -1.21. The molecule has 0 unspecified atom stereocenters. The Bertz CT molecular complexity index is 453. The average Bonchev–Trinajstić information content (AvgIpc) is 2.55. The molecule has 1 saturated carbocycles. The largest absolute Gasteiger partial charge is 0.480 e. The van der Waals surface area contributed by atoms with Gasteiger partial charge in [-0.15, -0.1) is 0 Å². The number of ether oxygens (including phenoxy) is 2. The molecule has 0 atom stereocenters. The SMILES string of the molecule is COC(=O)N1CCC(OC(=O)NC2(C(=O)O)CCCCC2)CC1. The summed E-state index contributed by atoms with van der Waals surface area (Å²) in [6.07, 6.45) is 3.05. The molecule has 0 aromatic heterocycles. The molecule has 1 saturated heterocycles. The molecule has 23 heavy (non-hydrogen) atoms. The molecule has 8 nitrogen and oxygen atoms in total. The van der Waals surface area contributed by atoms with E-state index in [2.05, 4.69) is 10.1 Å². The minimum absolute atomic E-state index is 0.314. The first-order valence-corrected chi connectivity index (χ1v) is 8.02. The van der Waals surface area contributed by atoms with E-state index in [-0.39, 0.29) is 12.2 Å². The highest BCUT2D eigenvalue weighted by molar-refractivity contribution is 5.84. The molecule has 8 heteroatoms. The van der Waals surface area contributed by atoms with Gasteiger partial charge in [-0.2, -0.15) is 0 Å². The molecule has 2 aliphatic rings. The fraction of sp³-hybridized carbons (Fsp3) is 0.800. The van der Waals surface area contributed by atoms with Crippen molar-refractivity contribution >= 4 is 18.2 Å². The van der Waals surface area contributed by atoms with E-state index in [0.717, 1.165) is 19.3 Å². The number of carbonyl (C=O) groups is 3. The van der Waals surface area contributed by atoms with Crippen molar-refractivity contribution in [2.45, 2.75) is 56.6 Å². The first-order valence-electron chi connectivity index (χ1n) is 8.02. The molecule has 0 aromatic carbocycles. The lowest BCUT2D eigenvalue weighted by atomic mass is 9.82. The van der Waals surface area contributed by atoms with Gasteiger partial charge in [-0.3, -0.25) is 0 Å². The van der Waals surface area contributed by atoms with Crippen molar-refractivity contribution in [3.05, 3.63) is 0 Å². The zero-order valence-electron chi connectivity index (χ0n) is 13.4. The number of rotatable bonds is 3. The molecule has 1 aliphatic heterocycles. The summed E-state index contributed by atoms with van der Waals surface area (Å²) in [7, 11) is 1.33. The van der Waals surface area contributed by atoms with Crippen LogP contribution in [0.5, 0.6) is 0 Å². The second-order valence-electron chi connectivity index (χ2n) is 6.13. The summed E-state index contributed by atoms with van der Waals surface area (Å²) in [6, 6.07) is 0. The number of likely N-dealkylation sites (tertiary alicyclic amines) is 1. The van der Waals surface area contributed by atoms with Gasteiger partial charge >= 0.3 is 18.2 Å². The van der Waals surface area contributed by atoms with Gasteiger partial charge in [-0.05, 0) is 12.8 Å². The third-order valence-electron chi connectivity index (χ3n) is 4.61. The Hall–Kier alpha value is -1.99. The standard InChI is InChI=1S/C15H24N2O6/c1-22-14(21)17-9-5-11(6-10-17)23-13(20)16-15(12(18)19)7-3-2-4-8-15/h11H,2-10H2,1H3,(H,16,20)(H,18,19). The molecular weight excluding hydrogens is 304 g/mol.